The highest BCUT2D eigenvalue weighted by Crippen LogP contribution is 2.73. The van der Waals surface area contributed by atoms with Crippen molar-refractivity contribution in [3.05, 3.63) is 35.6 Å². The van der Waals surface area contributed by atoms with Gasteiger partial charge in [-0.15, -0.1) is 0 Å². The molecule has 37 heavy (non-hydrogen) atoms. The van der Waals surface area contributed by atoms with E-state index in [4.69, 9.17) is 0 Å². The smallest absolute Gasteiger partial charge is 0.206 e. The number of rotatable bonds is 4. The van der Waals surface area contributed by atoms with Crippen LogP contribution in [0.1, 0.15) is 74.7 Å². The predicted molar refractivity (Wildman–Crippen MR) is 138 cm³/mol. The maximum absolute atomic E-state index is 14.2. The van der Waals surface area contributed by atoms with Crippen LogP contribution in [0.15, 0.2) is 35.6 Å². The van der Waals surface area contributed by atoms with Gasteiger partial charge in [0, 0.05) is 23.7 Å². The third-order valence-electron chi connectivity index (χ3n) is 10.8. The first-order chi connectivity index (χ1) is 16.7. The van der Waals surface area contributed by atoms with Crippen LogP contribution in [0.25, 0.3) is 0 Å². The lowest BCUT2D eigenvalue weighted by Crippen LogP contribution is -2.64. The van der Waals surface area contributed by atoms with E-state index in [0.717, 1.165) is 11.6 Å². The summed E-state index contributed by atoms with van der Waals surface area (Å²) in [5.41, 5.74) is -5.75. The van der Waals surface area contributed by atoms with Crippen LogP contribution in [0.4, 0.5) is 0 Å². The Balaban J connectivity index is 1.82. The second kappa shape index (κ2) is 7.96. The van der Waals surface area contributed by atoms with E-state index in [-0.39, 0.29) is 29.7 Å². The second-order valence-electron chi connectivity index (χ2n) is 13.9. The zero-order valence-electron chi connectivity index (χ0n) is 23.3. The van der Waals surface area contributed by atoms with Crippen LogP contribution in [0.3, 0.4) is 0 Å². The topological polar surface area (TPSA) is 132 Å². The van der Waals surface area contributed by atoms with Crippen molar-refractivity contribution in [1.82, 2.24) is 0 Å². The summed E-state index contributed by atoms with van der Waals surface area (Å²) >= 11 is 0. The van der Waals surface area contributed by atoms with Gasteiger partial charge in [-0.05, 0) is 76.4 Å². The Bertz CT molecular complexity index is 1150. The van der Waals surface area contributed by atoms with Crippen molar-refractivity contribution in [2.75, 3.05) is 0 Å². The summed E-state index contributed by atoms with van der Waals surface area (Å²) < 4.78 is 0. The van der Waals surface area contributed by atoms with Gasteiger partial charge in [0.15, 0.2) is 11.5 Å². The largest absolute Gasteiger partial charge is 0.505 e. The van der Waals surface area contributed by atoms with Crippen molar-refractivity contribution < 1.29 is 34.8 Å². The number of aliphatic hydroxyl groups is 4. The Kier molecular flexibility index (Phi) is 6.01. The molecule has 0 aromatic heterocycles. The summed E-state index contributed by atoms with van der Waals surface area (Å²) in [6, 6.07) is 0. The molecular formula is C30H42O7. The normalized spacial score (nSPS) is 42.9. The number of carbonyl (C=O) groups is 3. The van der Waals surface area contributed by atoms with E-state index in [1.165, 1.54) is 32.9 Å². The summed E-state index contributed by atoms with van der Waals surface area (Å²) in [7, 11) is 0. The van der Waals surface area contributed by atoms with Crippen LogP contribution in [0.2, 0.25) is 0 Å². The first kappa shape index (κ1) is 27.9. The Morgan fingerprint density at radius 1 is 1.05 bits per heavy atom. The summed E-state index contributed by atoms with van der Waals surface area (Å²) in [5, 5.41) is 43.6. The summed E-state index contributed by atoms with van der Waals surface area (Å²) in [6.07, 6.45) is 5.85. The zero-order valence-corrected chi connectivity index (χ0v) is 23.3. The van der Waals surface area contributed by atoms with E-state index >= 15 is 0 Å². The number of fused-ring (bicyclic) bond motifs is 5. The number of carbonyl (C=O) groups excluding carboxylic acids is 3. The first-order valence-corrected chi connectivity index (χ1v) is 13.2. The lowest BCUT2D eigenvalue weighted by atomic mass is 9.39. The molecule has 4 aliphatic carbocycles. The van der Waals surface area contributed by atoms with E-state index in [1.807, 2.05) is 26.8 Å². The van der Waals surface area contributed by atoms with Crippen LogP contribution < -0.4 is 0 Å². The Morgan fingerprint density at radius 3 is 2.22 bits per heavy atom. The molecule has 0 spiro atoms. The maximum Gasteiger partial charge on any atom is 0.206 e. The highest BCUT2D eigenvalue weighted by molar-refractivity contribution is 6.02. The van der Waals surface area contributed by atoms with Crippen molar-refractivity contribution in [2.45, 2.75) is 92.0 Å². The Morgan fingerprint density at radius 2 is 1.65 bits per heavy atom. The highest BCUT2D eigenvalue weighted by atomic mass is 16.3. The predicted octanol–water partition coefficient (Wildman–Crippen LogP) is 3.62. The quantitative estimate of drug-likeness (QED) is 0.333. The lowest BCUT2D eigenvalue weighted by molar-refractivity contribution is -0.179. The molecule has 7 nitrogen and oxygen atoms in total. The molecule has 7 heteroatoms. The van der Waals surface area contributed by atoms with Crippen LogP contribution in [-0.4, -0.2) is 55.1 Å². The van der Waals surface area contributed by atoms with Crippen molar-refractivity contribution in [1.29, 1.82) is 0 Å². The number of Topliss-reactive ketones (excluding diaryl/α,β-unsaturated/α-hetero) is 2. The molecule has 4 rings (SSSR count). The van der Waals surface area contributed by atoms with E-state index in [2.05, 4.69) is 0 Å². The van der Waals surface area contributed by atoms with Crippen molar-refractivity contribution in [3.8, 4) is 0 Å². The van der Waals surface area contributed by atoms with Crippen LogP contribution in [-0.2, 0) is 14.4 Å². The van der Waals surface area contributed by atoms with Gasteiger partial charge < -0.3 is 20.4 Å². The van der Waals surface area contributed by atoms with Crippen LogP contribution >= 0.6 is 0 Å². The SMILES string of the molecule is CC(C)(O)/C=C/C(=O)[C@](C)(O)[C@H]1C(O)C[C@@]2(C)[C@@H]3CC=C4[C@@H](C=C(O)C(=O)C4(C)C)[C@]3(C)C(=O)C[C@]12C. The third kappa shape index (κ3) is 3.60. The number of aliphatic hydroxyl groups excluding tert-OH is 2. The van der Waals surface area contributed by atoms with Gasteiger partial charge in [-0.25, -0.2) is 0 Å². The van der Waals surface area contributed by atoms with E-state index < -0.39 is 56.6 Å². The van der Waals surface area contributed by atoms with Crippen molar-refractivity contribution in [3.63, 3.8) is 0 Å². The summed E-state index contributed by atoms with van der Waals surface area (Å²) in [4.78, 5) is 40.1. The van der Waals surface area contributed by atoms with Crippen molar-refractivity contribution in [2.24, 2.45) is 39.4 Å². The van der Waals surface area contributed by atoms with E-state index in [0.29, 0.717) is 12.8 Å². The van der Waals surface area contributed by atoms with E-state index in [9.17, 15) is 34.8 Å². The number of hydrogen-bond acceptors (Lipinski definition) is 7. The molecule has 0 heterocycles. The molecule has 4 aliphatic rings. The molecule has 0 aromatic rings. The number of hydrogen-bond donors (Lipinski definition) is 4. The molecule has 2 fully saturated rings. The minimum Gasteiger partial charge on any atom is -0.505 e. The average molecular weight is 515 g/mol. The fourth-order valence-electron chi connectivity index (χ4n) is 8.58. The molecular weight excluding hydrogens is 472 g/mol. The molecule has 1 unspecified atom stereocenters. The summed E-state index contributed by atoms with van der Waals surface area (Å²) in [5.74, 6) is -2.98. The van der Waals surface area contributed by atoms with Gasteiger partial charge in [0.1, 0.15) is 11.4 Å². The Hall–Kier alpha value is -2.09. The first-order valence-electron chi connectivity index (χ1n) is 13.2. The molecule has 0 bridgehead atoms. The maximum atomic E-state index is 14.2. The van der Waals surface area contributed by atoms with Gasteiger partial charge >= 0.3 is 0 Å². The molecule has 0 aliphatic heterocycles. The molecule has 8 atom stereocenters. The van der Waals surface area contributed by atoms with Crippen molar-refractivity contribution >= 4 is 17.3 Å². The van der Waals surface area contributed by atoms with Crippen LogP contribution in [0.5, 0.6) is 0 Å². The minimum absolute atomic E-state index is 0.0453. The molecule has 2 saturated carbocycles. The molecule has 0 saturated heterocycles. The molecule has 0 radical (unpaired) electrons. The number of allylic oxidation sites excluding steroid dienone is 4. The molecule has 4 N–H and O–H groups in total. The van der Waals surface area contributed by atoms with Gasteiger partial charge in [0.05, 0.1) is 17.1 Å². The lowest BCUT2D eigenvalue weighted by Gasteiger charge is -2.63. The van der Waals surface area contributed by atoms with Gasteiger partial charge in [-0.3, -0.25) is 14.4 Å². The van der Waals surface area contributed by atoms with Gasteiger partial charge in [0.25, 0.3) is 0 Å². The highest BCUT2D eigenvalue weighted by Gasteiger charge is 2.74. The summed E-state index contributed by atoms with van der Waals surface area (Å²) in [6.45, 7) is 13.8. The standard InChI is InChI=1S/C30H42O7/c1-25(2,36)12-11-21(33)30(8,37)23-19(32)14-27(5)20-10-9-16-17(13-18(31)24(35)26(16,3)4)29(20,7)22(34)15-28(23,27)6/h9,11-13,17,19-20,23,31-32,36-37H,10,14-15H2,1-8H3/b12-11+/t17-,19?,20+,23+,27+,28-,29+,30+/m1/s1. The molecule has 0 amide bonds. The van der Waals surface area contributed by atoms with E-state index in [1.54, 1.807) is 13.8 Å². The second-order valence-corrected chi connectivity index (χ2v) is 13.9. The third-order valence-corrected chi connectivity index (χ3v) is 10.8. The fraction of sp³-hybridized carbons (Fsp3) is 0.700. The monoisotopic (exact) mass is 514 g/mol. The Labute approximate surface area is 219 Å². The van der Waals surface area contributed by atoms with Gasteiger partial charge in [-0.2, -0.15) is 0 Å². The molecule has 0 aromatic carbocycles. The zero-order chi connectivity index (χ0) is 28.1. The van der Waals surface area contributed by atoms with Gasteiger partial charge in [0.2, 0.25) is 5.78 Å². The van der Waals surface area contributed by atoms with Gasteiger partial charge in [-0.1, -0.05) is 38.5 Å². The fourth-order valence-corrected chi connectivity index (χ4v) is 8.58. The van der Waals surface area contributed by atoms with Crippen LogP contribution in [0, 0.1) is 39.4 Å². The molecule has 204 valence electrons. The average Bonchev–Trinajstić information content (AvgIpc) is 2.96. The minimum atomic E-state index is -1.96. The number of ketones is 3.